The van der Waals surface area contributed by atoms with Gasteiger partial charge in [-0.2, -0.15) is 0 Å². The molecular weight excluding hydrogens is 1100 g/mol. The lowest BCUT2D eigenvalue weighted by Crippen LogP contribution is -2.46. The second-order valence-electron chi connectivity index (χ2n) is 22.0. The zero-order chi connectivity index (χ0) is 52.6. The molecule has 6 heterocycles. The van der Waals surface area contributed by atoms with Crippen molar-refractivity contribution in [3.05, 3.63) is 116 Å². The van der Waals surface area contributed by atoms with E-state index in [9.17, 15) is 44.7 Å². The Morgan fingerprint density at radius 1 is 0.547 bits per heavy atom. The number of H-pyrrole nitrogens is 2. The van der Waals surface area contributed by atoms with E-state index in [1.165, 1.54) is 0 Å². The summed E-state index contributed by atoms with van der Waals surface area (Å²) in [6.45, 7) is 10.7. The minimum Gasteiger partial charge on any atom is -0.411 e. The van der Waals surface area contributed by atoms with Gasteiger partial charge in [-0.15, -0.1) is 0 Å². The van der Waals surface area contributed by atoms with E-state index in [4.69, 9.17) is 4.43 Å². The maximum absolute atomic E-state index is 13.4. The number of carbonyl (C=O) groups excluding carboxylic acids is 4. The minimum absolute atomic E-state index is 0.0636. The number of imide groups is 2. The number of aliphatic hydroxyl groups excluding tert-OH is 5. The zero-order valence-electron chi connectivity index (χ0n) is 41.0. The Kier molecular flexibility index (Phi) is 10.7. The molecule has 0 spiro atoms. The molecule has 2 saturated carbocycles. The van der Waals surface area contributed by atoms with Gasteiger partial charge in [-0.25, -0.2) is 0 Å². The summed E-state index contributed by atoms with van der Waals surface area (Å²) in [5.74, 6) is -1.77. The number of para-hydroxylation sites is 2. The van der Waals surface area contributed by atoms with E-state index in [2.05, 4.69) is 86.3 Å². The lowest BCUT2D eigenvalue weighted by Gasteiger charge is -2.39. The van der Waals surface area contributed by atoms with Crippen LogP contribution in [0.25, 0.3) is 87.2 Å². The van der Waals surface area contributed by atoms with Crippen LogP contribution in [0.1, 0.15) is 87.1 Å². The van der Waals surface area contributed by atoms with Crippen molar-refractivity contribution in [2.45, 2.75) is 100 Å². The van der Waals surface area contributed by atoms with Crippen LogP contribution in [0.15, 0.2) is 93.9 Å². The Balaban J connectivity index is 0.000000147. The molecular formula is C56H50Br2N6O10Si. The van der Waals surface area contributed by atoms with Gasteiger partial charge in [0.2, 0.25) is 0 Å². The molecule has 4 aliphatic rings. The monoisotopic (exact) mass is 1150 g/mol. The molecule has 2 fully saturated rings. The fourth-order valence-electron chi connectivity index (χ4n) is 12.4. The molecule has 0 saturated heterocycles. The molecule has 10 aromatic rings. The van der Waals surface area contributed by atoms with Gasteiger partial charge in [-0.1, -0.05) is 89.0 Å². The van der Waals surface area contributed by atoms with Crippen molar-refractivity contribution in [2.24, 2.45) is 0 Å². The molecule has 0 bridgehead atoms. The van der Waals surface area contributed by atoms with Gasteiger partial charge in [0.1, 0.15) is 24.4 Å². The number of halogens is 2. The van der Waals surface area contributed by atoms with E-state index in [0.717, 1.165) is 58.1 Å². The Hall–Kier alpha value is -6.26. The van der Waals surface area contributed by atoms with Crippen LogP contribution in [0.5, 0.6) is 0 Å². The van der Waals surface area contributed by atoms with Crippen molar-refractivity contribution in [3.63, 3.8) is 0 Å². The number of carbonyl (C=O) groups is 4. The van der Waals surface area contributed by atoms with Gasteiger partial charge in [-0.3, -0.25) is 29.8 Å². The number of aromatic nitrogens is 4. The molecule has 0 unspecified atom stereocenters. The fourth-order valence-corrected chi connectivity index (χ4v) is 14.5. The molecule has 2 aliphatic carbocycles. The maximum Gasteiger partial charge on any atom is 0.259 e. The van der Waals surface area contributed by atoms with Crippen LogP contribution >= 0.6 is 31.9 Å². The number of nitrogens with one attached hydrogen (secondary N) is 4. The molecule has 9 N–H and O–H groups in total. The van der Waals surface area contributed by atoms with Crippen molar-refractivity contribution in [2.75, 3.05) is 0 Å². The van der Waals surface area contributed by atoms with E-state index in [0.29, 0.717) is 66.8 Å². The third-order valence-corrected chi connectivity index (χ3v) is 22.3. The minimum atomic E-state index is -2.25. The smallest absolute Gasteiger partial charge is 0.259 e. The largest absolute Gasteiger partial charge is 0.411 e. The first-order chi connectivity index (χ1) is 35.7. The first kappa shape index (κ1) is 48.4. The van der Waals surface area contributed by atoms with Gasteiger partial charge in [0, 0.05) is 74.1 Å². The van der Waals surface area contributed by atoms with Crippen LogP contribution in [0, 0.1) is 0 Å². The number of amides is 4. The Morgan fingerprint density at radius 2 is 0.960 bits per heavy atom. The molecule has 6 aromatic carbocycles. The van der Waals surface area contributed by atoms with Gasteiger partial charge in [0.05, 0.1) is 68.6 Å². The number of aliphatic hydroxyl groups is 5. The van der Waals surface area contributed by atoms with Crippen LogP contribution < -0.4 is 10.6 Å². The average molecular weight is 1150 g/mol. The van der Waals surface area contributed by atoms with E-state index >= 15 is 0 Å². The highest BCUT2D eigenvalue weighted by Gasteiger charge is 2.50. The number of benzene rings is 6. The molecule has 0 radical (unpaired) electrons. The SMILES string of the molecule is CC(C)(C)[Si](C)(C)O[C@H]1C[C@@H](n2c3ccc(Br)cc3c3c4c(c5c6ccccc6[nH]c5c32)C(=O)NC4=O)[C@H](O)[C@@H]1O.O=C1NC(=O)c2c1c1c3ccccc3[nH]c1c1c2c2cc(Br)ccc2n1[C@@H]1C[C@H](O)[C@@H](O)[C@H]1O. The van der Waals surface area contributed by atoms with Crippen LogP contribution in [0.2, 0.25) is 18.1 Å². The van der Waals surface area contributed by atoms with Gasteiger partial charge in [0.15, 0.2) is 8.32 Å². The van der Waals surface area contributed by atoms with E-state index in [1.54, 1.807) is 0 Å². The summed E-state index contributed by atoms with van der Waals surface area (Å²) >= 11 is 7.10. The molecule has 14 rings (SSSR count). The normalized spacial score (nSPS) is 24.0. The summed E-state index contributed by atoms with van der Waals surface area (Å²) in [7, 11) is -2.25. The number of nitrogens with zero attached hydrogens (tertiary/aromatic N) is 2. The van der Waals surface area contributed by atoms with Crippen molar-refractivity contribution >= 4 is 151 Å². The van der Waals surface area contributed by atoms with E-state index in [1.807, 2.05) is 94.1 Å². The molecule has 2 aliphatic heterocycles. The molecule has 382 valence electrons. The van der Waals surface area contributed by atoms with Gasteiger partial charge >= 0.3 is 0 Å². The van der Waals surface area contributed by atoms with Crippen LogP contribution in [-0.2, 0) is 4.43 Å². The van der Waals surface area contributed by atoms with Crippen LogP contribution in [0.4, 0.5) is 0 Å². The Labute approximate surface area is 444 Å². The van der Waals surface area contributed by atoms with Crippen molar-refractivity contribution in [1.82, 2.24) is 29.7 Å². The molecule has 4 aromatic heterocycles. The molecule has 4 amide bonds. The fraction of sp³-hybridized carbons (Fsp3) is 0.286. The predicted molar refractivity (Wildman–Crippen MR) is 296 cm³/mol. The lowest BCUT2D eigenvalue weighted by atomic mass is 9.96. The third kappa shape index (κ3) is 6.78. The standard InChI is InChI=1S/C31H32BrN3O5Si.C25H18BrN3O5/c1-31(2,3)41(4,5)40-20-13-19(27(36)28(20)37)35-18-11-10-14(32)12-16(18)22-24-23(29(38)34-30(24)39)21-15-8-6-7-9-17(15)33-25(21)26(22)35;26-9-5-6-13-11(7-9)17-19-18(24(33)28-25(19)34)16-10-3-1-2-4-12(10)27-20(16)21(17)29(13)14-8-15(30)23(32)22(14)31/h6-12,19-20,27-28,33,36-37H,13H2,1-5H3,(H,34,38,39);1-7,14-15,22-23,27,30-32H,8H2,(H,28,33,34)/t19-,20+,27+,28-;14-,15+,22+,23-/m11/s1. The Morgan fingerprint density at radius 3 is 1.39 bits per heavy atom. The number of fused-ring (bicyclic) bond motifs is 20. The van der Waals surface area contributed by atoms with E-state index in [-0.39, 0.29) is 11.5 Å². The first-order valence-corrected chi connectivity index (χ1v) is 29.3. The van der Waals surface area contributed by atoms with Crippen molar-refractivity contribution in [3.8, 4) is 0 Å². The summed E-state index contributed by atoms with van der Waals surface area (Å²) < 4.78 is 12.2. The third-order valence-electron chi connectivity index (χ3n) is 16.8. The first-order valence-electron chi connectivity index (χ1n) is 24.8. The van der Waals surface area contributed by atoms with Gasteiger partial charge < -0.3 is 49.1 Å². The quantitative estimate of drug-likeness (QED) is 0.0597. The summed E-state index contributed by atoms with van der Waals surface area (Å²) in [5, 5.41) is 65.1. The van der Waals surface area contributed by atoms with Crippen LogP contribution in [-0.4, -0.2) is 113 Å². The van der Waals surface area contributed by atoms with Crippen molar-refractivity contribution in [1.29, 1.82) is 0 Å². The summed E-state index contributed by atoms with van der Waals surface area (Å²) in [5.41, 5.74) is 7.25. The molecule has 8 atom stereocenters. The number of rotatable bonds is 4. The second-order valence-corrected chi connectivity index (χ2v) is 28.6. The Bertz CT molecular complexity index is 4230. The number of aromatic amines is 2. The summed E-state index contributed by atoms with van der Waals surface area (Å²) in [6.07, 6.45) is -5.76. The lowest BCUT2D eigenvalue weighted by molar-refractivity contribution is -0.0241. The zero-order valence-corrected chi connectivity index (χ0v) is 45.2. The summed E-state index contributed by atoms with van der Waals surface area (Å²) in [6, 6.07) is 25.6. The number of hydrogen-bond acceptors (Lipinski definition) is 10. The molecule has 16 nitrogen and oxygen atoms in total. The second kappa shape index (κ2) is 16.6. The van der Waals surface area contributed by atoms with Gasteiger partial charge in [-0.05, 0) is 79.5 Å². The molecule has 75 heavy (non-hydrogen) atoms. The van der Waals surface area contributed by atoms with Crippen LogP contribution in [0.3, 0.4) is 0 Å². The topological polar surface area (TPSA) is 244 Å². The highest BCUT2D eigenvalue weighted by Crippen LogP contribution is 2.50. The average Bonchev–Trinajstić information content (AvgIpc) is 4.32. The summed E-state index contributed by atoms with van der Waals surface area (Å²) in [4.78, 5) is 59.7. The maximum atomic E-state index is 13.4. The van der Waals surface area contributed by atoms with Crippen molar-refractivity contribution < 1.29 is 49.1 Å². The van der Waals surface area contributed by atoms with E-state index < -0.39 is 80.7 Å². The highest BCUT2D eigenvalue weighted by molar-refractivity contribution is 9.10. The highest BCUT2D eigenvalue weighted by atomic mass is 79.9. The predicted octanol–water partition coefficient (Wildman–Crippen LogP) is 9.23. The molecule has 19 heteroatoms. The van der Waals surface area contributed by atoms with Gasteiger partial charge in [0.25, 0.3) is 23.6 Å². The number of hydrogen-bond donors (Lipinski definition) is 9.